The number of hydrogen-bond acceptors (Lipinski definition) is 4. The van der Waals surface area contributed by atoms with Gasteiger partial charge in [-0.15, -0.1) is 0 Å². The van der Waals surface area contributed by atoms with Gasteiger partial charge in [0.05, 0.1) is 11.6 Å². The zero-order valence-corrected chi connectivity index (χ0v) is 6.00. The monoisotopic (exact) mass is 147 g/mol. The van der Waals surface area contributed by atoms with Crippen LogP contribution in [0.4, 0.5) is 0 Å². The minimum Gasteiger partial charge on any atom is -0.547 e. The number of rotatable bonds is 3. The molecule has 60 valence electrons. The van der Waals surface area contributed by atoms with E-state index in [4.69, 9.17) is 10.2 Å². The number of hydrogen-bond donors (Lipinski definition) is 2. The summed E-state index contributed by atoms with van der Waals surface area (Å²) in [5, 5.41) is 27.8. The number of carboxylic acids is 1. The Morgan fingerprint density at radius 2 is 2.20 bits per heavy atom. The van der Waals surface area contributed by atoms with E-state index in [-0.39, 0.29) is 6.42 Å². The minimum atomic E-state index is -1.81. The van der Waals surface area contributed by atoms with Crippen LogP contribution in [0.3, 0.4) is 0 Å². The summed E-state index contributed by atoms with van der Waals surface area (Å²) >= 11 is 0. The minimum absolute atomic E-state index is 0.169. The first-order valence-electron chi connectivity index (χ1n) is 3.03. The molecule has 2 N–H and O–H groups in total. The Kier molecular flexibility index (Phi) is 2.80. The maximum Gasteiger partial charge on any atom is 0.122 e. The number of aliphatic hydroxyl groups excluding tert-OH is 1. The fourth-order valence-corrected chi connectivity index (χ4v) is 0.447. The maximum absolute atomic E-state index is 9.98. The van der Waals surface area contributed by atoms with Crippen molar-refractivity contribution in [2.24, 2.45) is 0 Å². The normalized spacial score (nSPS) is 19.6. The first-order chi connectivity index (χ1) is 4.41. The third-order valence-electron chi connectivity index (χ3n) is 1.53. The summed E-state index contributed by atoms with van der Waals surface area (Å²) < 4.78 is 0. The summed E-state index contributed by atoms with van der Waals surface area (Å²) in [7, 11) is 0. The SMILES string of the molecule is CCC(C)(O)C(O)C(=O)[O-]. The van der Waals surface area contributed by atoms with E-state index < -0.39 is 17.7 Å². The second-order valence-corrected chi connectivity index (χ2v) is 2.43. The molecule has 0 bridgehead atoms. The van der Waals surface area contributed by atoms with E-state index >= 15 is 0 Å². The molecule has 0 heterocycles. The molecule has 0 saturated carbocycles. The molecular formula is C6H11O4-. The standard InChI is InChI=1S/C6H12O4/c1-3-6(2,10)4(7)5(8)9/h4,7,10H,3H2,1-2H3,(H,8,9)/p-1. The average Bonchev–Trinajstić information content (AvgIpc) is 1.86. The van der Waals surface area contributed by atoms with Crippen LogP contribution in [0.15, 0.2) is 0 Å². The smallest absolute Gasteiger partial charge is 0.122 e. The van der Waals surface area contributed by atoms with Crippen LogP contribution in [0.2, 0.25) is 0 Å². The van der Waals surface area contributed by atoms with Crippen molar-refractivity contribution in [3.05, 3.63) is 0 Å². The van der Waals surface area contributed by atoms with Crippen molar-refractivity contribution < 1.29 is 20.1 Å². The third kappa shape index (κ3) is 1.97. The Hall–Kier alpha value is -0.610. The lowest BCUT2D eigenvalue weighted by molar-refractivity contribution is -0.321. The average molecular weight is 147 g/mol. The molecule has 4 nitrogen and oxygen atoms in total. The Morgan fingerprint density at radius 1 is 1.80 bits per heavy atom. The topological polar surface area (TPSA) is 80.6 Å². The number of carbonyl (C=O) groups excluding carboxylic acids is 1. The van der Waals surface area contributed by atoms with Gasteiger partial charge in [-0.25, -0.2) is 0 Å². The van der Waals surface area contributed by atoms with Gasteiger partial charge in [0.25, 0.3) is 0 Å². The zero-order valence-electron chi connectivity index (χ0n) is 6.00. The molecule has 10 heavy (non-hydrogen) atoms. The van der Waals surface area contributed by atoms with Gasteiger partial charge in [-0.1, -0.05) is 6.92 Å². The van der Waals surface area contributed by atoms with Crippen molar-refractivity contribution in [2.75, 3.05) is 0 Å². The Morgan fingerprint density at radius 3 is 2.30 bits per heavy atom. The van der Waals surface area contributed by atoms with Gasteiger partial charge in [0.1, 0.15) is 6.10 Å². The van der Waals surface area contributed by atoms with E-state index in [9.17, 15) is 9.90 Å². The maximum atomic E-state index is 9.98. The first-order valence-corrected chi connectivity index (χ1v) is 3.03. The van der Waals surface area contributed by atoms with Crippen LogP contribution in [-0.2, 0) is 4.79 Å². The molecule has 0 amide bonds. The predicted octanol–water partition coefficient (Wildman–Crippen LogP) is -1.74. The highest BCUT2D eigenvalue weighted by atomic mass is 16.4. The Bertz CT molecular complexity index is 130. The fraction of sp³-hybridized carbons (Fsp3) is 0.833. The molecule has 0 saturated heterocycles. The highest BCUT2D eigenvalue weighted by Gasteiger charge is 2.28. The number of carboxylic acid groups (broad SMARTS) is 1. The lowest BCUT2D eigenvalue weighted by Gasteiger charge is -2.27. The van der Waals surface area contributed by atoms with Crippen LogP contribution < -0.4 is 5.11 Å². The van der Waals surface area contributed by atoms with Gasteiger partial charge in [0.2, 0.25) is 0 Å². The molecule has 0 aliphatic heterocycles. The van der Waals surface area contributed by atoms with Crippen LogP contribution in [0.5, 0.6) is 0 Å². The van der Waals surface area contributed by atoms with Gasteiger partial charge in [-0.05, 0) is 13.3 Å². The summed E-state index contributed by atoms with van der Waals surface area (Å²) in [5.74, 6) is -1.65. The van der Waals surface area contributed by atoms with Crippen LogP contribution in [0, 0.1) is 0 Å². The van der Waals surface area contributed by atoms with Gasteiger partial charge in [0.15, 0.2) is 0 Å². The van der Waals surface area contributed by atoms with Crippen molar-refractivity contribution >= 4 is 5.97 Å². The van der Waals surface area contributed by atoms with E-state index in [2.05, 4.69) is 0 Å². The first kappa shape index (κ1) is 9.39. The number of aliphatic hydroxyl groups is 2. The lowest BCUT2D eigenvalue weighted by atomic mass is 9.96. The Balaban J connectivity index is 4.17. The van der Waals surface area contributed by atoms with Crippen LogP contribution >= 0.6 is 0 Å². The number of aliphatic carboxylic acids is 1. The molecule has 0 aromatic rings. The highest BCUT2D eigenvalue weighted by molar-refractivity contribution is 5.71. The molecular weight excluding hydrogens is 136 g/mol. The molecule has 0 aromatic carbocycles. The molecule has 0 aromatic heterocycles. The van der Waals surface area contributed by atoms with Crippen molar-refractivity contribution in [1.29, 1.82) is 0 Å². The van der Waals surface area contributed by atoms with Crippen molar-refractivity contribution in [3.63, 3.8) is 0 Å². The van der Waals surface area contributed by atoms with Crippen molar-refractivity contribution in [1.82, 2.24) is 0 Å². The third-order valence-corrected chi connectivity index (χ3v) is 1.53. The van der Waals surface area contributed by atoms with Crippen LogP contribution in [-0.4, -0.2) is 27.9 Å². The summed E-state index contributed by atoms with van der Waals surface area (Å²) in [5.41, 5.74) is -1.58. The molecule has 2 atom stereocenters. The summed E-state index contributed by atoms with van der Waals surface area (Å²) in [6, 6.07) is 0. The van der Waals surface area contributed by atoms with Gasteiger partial charge < -0.3 is 20.1 Å². The second-order valence-electron chi connectivity index (χ2n) is 2.43. The van der Waals surface area contributed by atoms with Crippen molar-refractivity contribution in [3.8, 4) is 0 Å². The molecule has 0 rings (SSSR count). The van der Waals surface area contributed by atoms with Gasteiger partial charge in [-0.3, -0.25) is 0 Å². The van der Waals surface area contributed by atoms with E-state index in [1.54, 1.807) is 6.92 Å². The van der Waals surface area contributed by atoms with Crippen molar-refractivity contribution in [2.45, 2.75) is 32.0 Å². The molecule has 0 spiro atoms. The zero-order chi connectivity index (χ0) is 8.36. The second kappa shape index (κ2) is 2.98. The molecule has 0 aliphatic carbocycles. The van der Waals surface area contributed by atoms with Gasteiger partial charge in [-0.2, -0.15) is 0 Å². The fourth-order valence-electron chi connectivity index (χ4n) is 0.447. The highest BCUT2D eigenvalue weighted by Crippen LogP contribution is 2.12. The van der Waals surface area contributed by atoms with Crippen LogP contribution in [0.1, 0.15) is 20.3 Å². The largest absolute Gasteiger partial charge is 0.547 e. The van der Waals surface area contributed by atoms with E-state index in [0.717, 1.165) is 0 Å². The van der Waals surface area contributed by atoms with E-state index in [1.165, 1.54) is 6.92 Å². The lowest BCUT2D eigenvalue weighted by Crippen LogP contribution is -2.50. The predicted molar refractivity (Wildman–Crippen MR) is 31.9 cm³/mol. The summed E-state index contributed by atoms with van der Waals surface area (Å²) in [6.07, 6.45) is -1.64. The quantitative estimate of drug-likeness (QED) is 0.496. The molecule has 2 unspecified atom stereocenters. The van der Waals surface area contributed by atoms with E-state index in [1.807, 2.05) is 0 Å². The molecule has 0 aliphatic rings. The van der Waals surface area contributed by atoms with Gasteiger partial charge >= 0.3 is 0 Å². The van der Waals surface area contributed by atoms with Crippen LogP contribution in [0.25, 0.3) is 0 Å². The van der Waals surface area contributed by atoms with Gasteiger partial charge in [0, 0.05) is 0 Å². The molecule has 0 radical (unpaired) electrons. The van der Waals surface area contributed by atoms with E-state index in [0.29, 0.717) is 0 Å². The Labute approximate surface area is 59.1 Å². The molecule has 4 heteroatoms. The summed E-state index contributed by atoms with van der Waals surface area (Å²) in [4.78, 5) is 9.98. The molecule has 0 fully saturated rings. The summed E-state index contributed by atoms with van der Waals surface area (Å²) in [6.45, 7) is 2.82. The number of carbonyl (C=O) groups is 1.